The molecular weight excluding hydrogens is 496 g/mol. The Morgan fingerprint density at radius 1 is 1.06 bits per heavy atom. The van der Waals surface area contributed by atoms with E-state index in [1.165, 1.54) is 24.0 Å². The van der Waals surface area contributed by atoms with Gasteiger partial charge in [0.15, 0.2) is 11.6 Å². The van der Waals surface area contributed by atoms with Gasteiger partial charge in [-0.15, -0.1) is 0 Å². The van der Waals surface area contributed by atoms with Gasteiger partial charge in [-0.3, -0.25) is 14.5 Å². The van der Waals surface area contributed by atoms with E-state index >= 15 is 0 Å². The molecule has 0 aliphatic carbocycles. The van der Waals surface area contributed by atoms with Crippen molar-refractivity contribution in [3.63, 3.8) is 0 Å². The lowest BCUT2D eigenvalue weighted by atomic mass is 9.91. The van der Waals surface area contributed by atoms with Crippen molar-refractivity contribution >= 4 is 27.9 Å². The van der Waals surface area contributed by atoms with Gasteiger partial charge in [-0.05, 0) is 42.8 Å². The van der Waals surface area contributed by atoms with Crippen LogP contribution >= 0.6 is 0 Å². The maximum absolute atomic E-state index is 13.5. The van der Waals surface area contributed by atoms with E-state index in [0.29, 0.717) is 17.2 Å². The van der Waals surface area contributed by atoms with Gasteiger partial charge in [0.25, 0.3) is 5.91 Å². The van der Waals surface area contributed by atoms with Crippen LogP contribution in [-0.4, -0.2) is 73.1 Å². The summed E-state index contributed by atoms with van der Waals surface area (Å²) in [5, 5.41) is 11.5. The first-order valence-corrected chi connectivity index (χ1v) is 12.3. The number of halogens is 2. The average Bonchev–Trinajstić information content (AvgIpc) is 3.09. The van der Waals surface area contributed by atoms with Crippen molar-refractivity contribution in [2.24, 2.45) is 0 Å². The van der Waals surface area contributed by atoms with Gasteiger partial charge in [0.2, 0.25) is 15.9 Å². The number of piperazine rings is 1. The lowest BCUT2D eigenvalue weighted by Crippen LogP contribution is -2.53. The van der Waals surface area contributed by atoms with Gasteiger partial charge in [0.1, 0.15) is 12.1 Å². The quantitative estimate of drug-likeness (QED) is 0.592. The third kappa shape index (κ3) is 4.40. The molecule has 1 N–H and O–H groups in total. The molecule has 2 aliphatic rings. The summed E-state index contributed by atoms with van der Waals surface area (Å²) < 4.78 is 53.2. The van der Waals surface area contributed by atoms with E-state index in [2.05, 4.69) is 5.32 Å². The van der Waals surface area contributed by atoms with E-state index in [0.717, 1.165) is 21.3 Å². The summed E-state index contributed by atoms with van der Waals surface area (Å²) in [7, 11) is -4.10. The van der Waals surface area contributed by atoms with Gasteiger partial charge in [-0.1, -0.05) is 12.1 Å². The number of nitrogens with one attached hydrogen (secondary N) is 1. The number of benzene rings is 2. The first kappa shape index (κ1) is 25.2. The number of nitriles is 1. The smallest absolute Gasteiger partial charge is 0.325 e. The van der Waals surface area contributed by atoms with Crippen molar-refractivity contribution in [1.82, 2.24) is 19.4 Å². The minimum Gasteiger partial charge on any atom is -0.338 e. The molecule has 0 bridgehead atoms. The zero-order chi connectivity index (χ0) is 26.3. The summed E-state index contributed by atoms with van der Waals surface area (Å²) >= 11 is 0. The highest BCUT2D eigenvalue weighted by Crippen LogP contribution is 2.29. The number of carbonyl (C=O) groups excluding carboxylic acids is 3. The Morgan fingerprint density at radius 2 is 1.69 bits per heavy atom. The van der Waals surface area contributed by atoms with Crippen LogP contribution in [0, 0.1) is 23.0 Å². The highest BCUT2D eigenvalue weighted by molar-refractivity contribution is 7.89. The minimum atomic E-state index is -4.10. The Hall–Kier alpha value is -3.89. The fourth-order valence-electron chi connectivity index (χ4n) is 4.11. The topological polar surface area (TPSA) is 131 Å². The molecule has 0 radical (unpaired) electrons. The van der Waals surface area contributed by atoms with Crippen molar-refractivity contribution in [1.29, 1.82) is 5.26 Å². The molecule has 188 valence electrons. The van der Waals surface area contributed by atoms with Crippen molar-refractivity contribution in [2.75, 3.05) is 32.7 Å². The number of nitrogens with zero attached hydrogens (tertiary/aromatic N) is 4. The maximum atomic E-state index is 13.5. The second-order valence-corrected chi connectivity index (χ2v) is 10.4. The van der Waals surface area contributed by atoms with Gasteiger partial charge in [-0.25, -0.2) is 22.0 Å². The Morgan fingerprint density at radius 3 is 2.28 bits per heavy atom. The molecule has 2 heterocycles. The number of hydrogen-bond acceptors (Lipinski definition) is 6. The molecule has 4 amide bonds. The first-order valence-electron chi connectivity index (χ1n) is 10.8. The van der Waals surface area contributed by atoms with Gasteiger partial charge < -0.3 is 10.2 Å². The highest BCUT2D eigenvalue weighted by atomic mass is 32.2. The molecule has 13 heteroatoms. The van der Waals surface area contributed by atoms with Crippen LogP contribution in [0.5, 0.6) is 0 Å². The second kappa shape index (κ2) is 9.29. The van der Waals surface area contributed by atoms with E-state index < -0.39 is 56.5 Å². The molecule has 0 aromatic heterocycles. The number of hydrogen-bond donors (Lipinski definition) is 1. The Kier molecular flexibility index (Phi) is 6.50. The molecule has 2 aromatic carbocycles. The van der Waals surface area contributed by atoms with Crippen LogP contribution in [-0.2, 0) is 25.2 Å². The van der Waals surface area contributed by atoms with E-state index in [-0.39, 0.29) is 26.2 Å². The fourth-order valence-corrected chi connectivity index (χ4v) is 5.55. The molecule has 2 aliphatic heterocycles. The maximum Gasteiger partial charge on any atom is 0.325 e. The summed E-state index contributed by atoms with van der Waals surface area (Å²) in [4.78, 5) is 40.2. The highest BCUT2D eigenvalue weighted by Gasteiger charge is 2.49. The normalized spacial score (nSPS) is 20.8. The molecule has 0 saturated carbocycles. The fraction of sp³-hybridized carbons (Fsp3) is 0.304. The van der Waals surface area contributed by atoms with Gasteiger partial charge in [0, 0.05) is 26.2 Å². The molecule has 4 rings (SSSR count). The van der Waals surface area contributed by atoms with E-state index in [1.54, 1.807) is 12.1 Å². The second-order valence-electron chi connectivity index (χ2n) is 8.50. The van der Waals surface area contributed by atoms with Crippen molar-refractivity contribution in [2.45, 2.75) is 17.4 Å². The van der Waals surface area contributed by atoms with Gasteiger partial charge in [-0.2, -0.15) is 9.57 Å². The third-order valence-electron chi connectivity index (χ3n) is 6.28. The summed E-state index contributed by atoms with van der Waals surface area (Å²) in [6.07, 6.45) is 0. The summed E-state index contributed by atoms with van der Waals surface area (Å²) in [6.45, 7) is 0.733. The molecule has 2 fully saturated rings. The van der Waals surface area contributed by atoms with E-state index in [1.807, 2.05) is 6.07 Å². The zero-order valence-corrected chi connectivity index (χ0v) is 19.9. The van der Waals surface area contributed by atoms with Crippen LogP contribution in [0.1, 0.15) is 18.1 Å². The first-order chi connectivity index (χ1) is 17.0. The number of imide groups is 1. The van der Waals surface area contributed by atoms with Crippen LogP contribution < -0.4 is 5.32 Å². The van der Waals surface area contributed by atoms with Gasteiger partial charge >= 0.3 is 6.03 Å². The van der Waals surface area contributed by atoms with Gasteiger partial charge in [0.05, 0.1) is 16.5 Å². The zero-order valence-electron chi connectivity index (χ0n) is 19.1. The molecule has 36 heavy (non-hydrogen) atoms. The molecule has 2 aromatic rings. The summed E-state index contributed by atoms with van der Waals surface area (Å²) in [6, 6.07) is 9.65. The van der Waals surface area contributed by atoms with Crippen LogP contribution in [0.2, 0.25) is 0 Å². The Bertz CT molecular complexity index is 1380. The summed E-state index contributed by atoms with van der Waals surface area (Å²) in [5.41, 5.74) is -0.578. The Balaban J connectivity index is 1.40. The Labute approximate surface area is 205 Å². The number of rotatable bonds is 5. The predicted molar refractivity (Wildman–Crippen MR) is 120 cm³/mol. The van der Waals surface area contributed by atoms with Crippen molar-refractivity contribution < 1.29 is 31.6 Å². The number of sulfonamides is 1. The van der Waals surface area contributed by atoms with Crippen LogP contribution in [0.3, 0.4) is 0 Å². The molecule has 10 nitrogen and oxygen atoms in total. The number of carbonyl (C=O) groups is 3. The SMILES string of the molecule is CC1(c2ccc(C#N)cc2)NC(=O)N(CC(=O)N2CCN(S(=O)(=O)c3ccc(F)c(F)c3)CC2)C1=O. The van der Waals surface area contributed by atoms with Crippen LogP contribution in [0.15, 0.2) is 47.4 Å². The molecule has 0 spiro atoms. The molecule has 2 saturated heterocycles. The minimum absolute atomic E-state index is 0.0156. The lowest BCUT2D eigenvalue weighted by Gasteiger charge is -2.34. The van der Waals surface area contributed by atoms with Crippen molar-refractivity contribution in [3.8, 4) is 6.07 Å². The van der Waals surface area contributed by atoms with E-state index in [4.69, 9.17) is 5.26 Å². The standard InChI is InChI=1S/C23H21F2N5O5S/c1-23(16-4-2-15(13-26)3-5-16)21(32)30(22(33)27-23)14-20(31)28-8-10-29(11-9-28)36(34,35)17-6-7-18(24)19(25)12-17/h2-7,12H,8-11,14H2,1H3,(H,27,33). The number of amides is 4. The third-order valence-corrected chi connectivity index (χ3v) is 8.17. The van der Waals surface area contributed by atoms with Crippen LogP contribution in [0.25, 0.3) is 0 Å². The predicted octanol–water partition coefficient (Wildman–Crippen LogP) is 1.14. The summed E-state index contributed by atoms with van der Waals surface area (Å²) in [5.74, 6) is -3.64. The largest absolute Gasteiger partial charge is 0.338 e. The average molecular weight is 518 g/mol. The van der Waals surface area contributed by atoms with Crippen LogP contribution in [0.4, 0.5) is 13.6 Å². The molecule has 1 unspecified atom stereocenters. The monoisotopic (exact) mass is 517 g/mol. The lowest BCUT2D eigenvalue weighted by molar-refractivity contribution is -0.139. The number of urea groups is 1. The van der Waals surface area contributed by atoms with Crippen molar-refractivity contribution in [3.05, 3.63) is 65.2 Å². The van der Waals surface area contributed by atoms with E-state index in [9.17, 15) is 31.6 Å². The molecule has 1 atom stereocenters. The molecular formula is C23H21F2N5O5S.